The minimum Gasteiger partial charge on any atom is -0.484 e. The highest BCUT2D eigenvalue weighted by Crippen LogP contribution is 2.22. The van der Waals surface area contributed by atoms with Gasteiger partial charge in [0.1, 0.15) is 5.75 Å². The first-order chi connectivity index (χ1) is 11.7. The second kappa shape index (κ2) is 7.84. The Hall–Kier alpha value is -2.53. The highest BCUT2D eigenvalue weighted by molar-refractivity contribution is 5.92. The van der Waals surface area contributed by atoms with Gasteiger partial charge in [-0.05, 0) is 43.3 Å². The lowest BCUT2D eigenvalue weighted by molar-refractivity contribution is -0.118. The van der Waals surface area contributed by atoms with Gasteiger partial charge in [0, 0.05) is 24.0 Å². The molecule has 2 aromatic carbocycles. The van der Waals surface area contributed by atoms with Gasteiger partial charge in [0.25, 0.3) is 5.91 Å². The molecule has 2 aromatic rings. The van der Waals surface area contributed by atoms with Crippen LogP contribution in [-0.4, -0.2) is 38.3 Å². The number of para-hydroxylation sites is 1. The van der Waals surface area contributed by atoms with Gasteiger partial charge in [0.05, 0.1) is 13.2 Å². The molecule has 0 aliphatic carbocycles. The average Bonchev–Trinajstić information content (AvgIpc) is 2.62. The number of carbonyl (C=O) groups excluding carboxylic acids is 1. The number of hydrogen-bond acceptors (Lipinski definition) is 4. The minimum absolute atomic E-state index is 0.00768. The van der Waals surface area contributed by atoms with Crippen molar-refractivity contribution in [3.63, 3.8) is 0 Å². The number of benzene rings is 2. The molecule has 0 radical (unpaired) electrons. The van der Waals surface area contributed by atoms with Gasteiger partial charge in [-0.3, -0.25) is 4.79 Å². The second-order valence-corrected chi connectivity index (χ2v) is 5.81. The van der Waals surface area contributed by atoms with E-state index in [0.29, 0.717) is 11.8 Å². The molecule has 0 bridgehead atoms. The van der Waals surface area contributed by atoms with Crippen LogP contribution in [0.5, 0.6) is 5.75 Å². The van der Waals surface area contributed by atoms with Crippen molar-refractivity contribution >= 4 is 17.3 Å². The van der Waals surface area contributed by atoms with Crippen molar-refractivity contribution in [1.29, 1.82) is 0 Å². The minimum atomic E-state index is -0.175. The van der Waals surface area contributed by atoms with Crippen LogP contribution < -0.4 is 15.0 Å². The quantitative estimate of drug-likeness (QED) is 0.918. The van der Waals surface area contributed by atoms with E-state index in [9.17, 15) is 4.79 Å². The van der Waals surface area contributed by atoms with E-state index in [0.717, 1.165) is 31.1 Å². The summed E-state index contributed by atoms with van der Waals surface area (Å²) in [6.07, 6.45) is 0. The topological polar surface area (TPSA) is 50.8 Å². The third kappa shape index (κ3) is 4.26. The van der Waals surface area contributed by atoms with Crippen molar-refractivity contribution in [2.45, 2.75) is 13.0 Å². The fraction of sp³-hybridized carbons (Fsp3) is 0.316. The maximum atomic E-state index is 12.0. The van der Waals surface area contributed by atoms with Crippen LogP contribution in [0.2, 0.25) is 0 Å². The molecule has 5 heteroatoms. The molecule has 1 amide bonds. The maximum Gasteiger partial charge on any atom is 0.262 e. The molecule has 1 heterocycles. The van der Waals surface area contributed by atoms with Crippen LogP contribution in [0.25, 0.3) is 0 Å². The smallest absolute Gasteiger partial charge is 0.262 e. The van der Waals surface area contributed by atoms with E-state index >= 15 is 0 Å². The monoisotopic (exact) mass is 326 g/mol. The molecular weight excluding hydrogens is 304 g/mol. The first-order valence-corrected chi connectivity index (χ1v) is 8.14. The Bertz CT molecular complexity index is 658. The molecule has 1 aliphatic rings. The molecule has 3 rings (SSSR count). The number of hydrogen-bond donors (Lipinski definition) is 1. The van der Waals surface area contributed by atoms with Crippen molar-refractivity contribution in [3.05, 3.63) is 54.6 Å². The van der Waals surface area contributed by atoms with Crippen LogP contribution in [0.1, 0.15) is 6.92 Å². The number of anilines is 2. The van der Waals surface area contributed by atoms with Crippen LogP contribution in [0.3, 0.4) is 0 Å². The number of nitrogens with zero attached hydrogens (tertiary/aromatic N) is 1. The predicted octanol–water partition coefficient (Wildman–Crippen LogP) is 2.93. The Kier molecular flexibility index (Phi) is 5.33. The summed E-state index contributed by atoms with van der Waals surface area (Å²) >= 11 is 0. The highest BCUT2D eigenvalue weighted by Gasteiger charge is 2.18. The third-order valence-corrected chi connectivity index (χ3v) is 3.96. The third-order valence-electron chi connectivity index (χ3n) is 3.96. The highest BCUT2D eigenvalue weighted by atomic mass is 16.5. The molecule has 1 unspecified atom stereocenters. The Morgan fingerprint density at radius 1 is 1.21 bits per heavy atom. The summed E-state index contributed by atoms with van der Waals surface area (Å²) in [4.78, 5) is 14.3. The van der Waals surface area contributed by atoms with Crippen molar-refractivity contribution in [2.75, 3.05) is 36.6 Å². The molecule has 0 spiro atoms. The standard InChI is InChI=1S/C19H22N2O3/c1-15-13-23-12-11-21(15)17-9-7-16(8-10-17)20-19(22)14-24-18-5-3-2-4-6-18/h2-10,15H,11-14H2,1H3,(H,20,22). The number of morpholine rings is 1. The number of amides is 1. The Morgan fingerprint density at radius 2 is 1.96 bits per heavy atom. The lowest BCUT2D eigenvalue weighted by Gasteiger charge is -2.35. The molecule has 126 valence electrons. The van der Waals surface area contributed by atoms with Gasteiger partial charge in [0.15, 0.2) is 6.61 Å². The normalized spacial score (nSPS) is 17.4. The first-order valence-electron chi connectivity index (χ1n) is 8.14. The molecule has 24 heavy (non-hydrogen) atoms. The predicted molar refractivity (Wildman–Crippen MR) is 94.6 cm³/mol. The lowest BCUT2D eigenvalue weighted by atomic mass is 10.2. The zero-order chi connectivity index (χ0) is 16.8. The summed E-state index contributed by atoms with van der Waals surface area (Å²) in [5.41, 5.74) is 1.91. The summed E-state index contributed by atoms with van der Waals surface area (Å²) < 4.78 is 10.9. The lowest BCUT2D eigenvalue weighted by Crippen LogP contribution is -2.43. The average molecular weight is 326 g/mol. The van der Waals surface area contributed by atoms with E-state index in [-0.39, 0.29) is 12.5 Å². The summed E-state index contributed by atoms with van der Waals surface area (Å²) in [5.74, 6) is 0.510. The molecule has 0 saturated carbocycles. The molecular formula is C19H22N2O3. The molecule has 1 saturated heterocycles. The van der Waals surface area contributed by atoms with Crippen molar-refractivity contribution < 1.29 is 14.3 Å². The zero-order valence-corrected chi connectivity index (χ0v) is 13.8. The Labute approximate surface area is 142 Å². The maximum absolute atomic E-state index is 12.0. The Morgan fingerprint density at radius 3 is 2.67 bits per heavy atom. The Balaban J connectivity index is 1.53. The van der Waals surface area contributed by atoms with E-state index in [2.05, 4.69) is 17.1 Å². The van der Waals surface area contributed by atoms with Crippen LogP contribution >= 0.6 is 0 Å². The SMILES string of the molecule is CC1COCCN1c1ccc(NC(=O)COc2ccccc2)cc1. The van der Waals surface area contributed by atoms with Crippen molar-refractivity contribution in [1.82, 2.24) is 0 Å². The first kappa shape index (κ1) is 16.3. The molecule has 1 N–H and O–H groups in total. The summed E-state index contributed by atoms with van der Waals surface area (Å²) in [7, 11) is 0. The van der Waals surface area contributed by atoms with Crippen molar-refractivity contribution in [2.24, 2.45) is 0 Å². The number of nitrogens with one attached hydrogen (secondary N) is 1. The van der Waals surface area contributed by atoms with Crippen molar-refractivity contribution in [3.8, 4) is 5.75 Å². The molecule has 5 nitrogen and oxygen atoms in total. The molecule has 0 aromatic heterocycles. The number of ether oxygens (including phenoxy) is 2. The van der Waals surface area contributed by atoms with Crippen LogP contribution in [0.4, 0.5) is 11.4 Å². The summed E-state index contributed by atoms with van der Waals surface area (Å²) in [6, 6.07) is 17.5. The van der Waals surface area contributed by atoms with E-state index in [1.807, 2.05) is 54.6 Å². The van der Waals surface area contributed by atoms with Gasteiger partial charge in [0.2, 0.25) is 0 Å². The number of rotatable bonds is 5. The van der Waals surface area contributed by atoms with E-state index in [1.54, 1.807) is 0 Å². The molecule has 1 atom stereocenters. The fourth-order valence-electron chi connectivity index (χ4n) is 2.71. The molecule has 1 fully saturated rings. The van der Waals surface area contributed by atoms with Gasteiger partial charge in [-0.15, -0.1) is 0 Å². The van der Waals surface area contributed by atoms with Gasteiger partial charge >= 0.3 is 0 Å². The van der Waals surface area contributed by atoms with Gasteiger partial charge in [-0.25, -0.2) is 0 Å². The second-order valence-electron chi connectivity index (χ2n) is 5.81. The fourth-order valence-corrected chi connectivity index (χ4v) is 2.71. The van der Waals surface area contributed by atoms with Gasteiger partial charge < -0.3 is 19.7 Å². The van der Waals surface area contributed by atoms with Crippen LogP contribution in [-0.2, 0) is 9.53 Å². The van der Waals surface area contributed by atoms with Crippen LogP contribution in [0.15, 0.2) is 54.6 Å². The summed E-state index contributed by atoms with van der Waals surface area (Å²) in [6.45, 7) is 4.52. The van der Waals surface area contributed by atoms with E-state index in [4.69, 9.17) is 9.47 Å². The van der Waals surface area contributed by atoms with E-state index < -0.39 is 0 Å². The largest absolute Gasteiger partial charge is 0.484 e. The zero-order valence-electron chi connectivity index (χ0n) is 13.8. The number of carbonyl (C=O) groups is 1. The van der Waals surface area contributed by atoms with E-state index in [1.165, 1.54) is 0 Å². The van der Waals surface area contributed by atoms with Gasteiger partial charge in [-0.2, -0.15) is 0 Å². The van der Waals surface area contributed by atoms with Gasteiger partial charge in [-0.1, -0.05) is 18.2 Å². The molecule has 1 aliphatic heterocycles. The van der Waals surface area contributed by atoms with Crippen LogP contribution in [0, 0.1) is 0 Å². The summed E-state index contributed by atoms with van der Waals surface area (Å²) in [5, 5.41) is 2.85.